The monoisotopic (exact) mass is 880 g/mol. The first kappa shape index (κ1) is 39.8. The van der Waals surface area contributed by atoms with E-state index >= 15 is 0 Å². The fourth-order valence-corrected chi connectivity index (χ4v) is 16.4. The lowest BCUT2D eigenvalue weighted by Crippen LogP contribution is -2.75. The van der Waals surface area contributed by atoms with E-state index in [4.69, 9.17) is 4.42 Å². The van der Waals surface area contributed by atoms with E-state index in [0.717, 1.165) is 33.1 Å². The van der Waals surface area contributed by atoms with Gasteiger partial charge < -0.3 is 4.42 Å². The minimum atomic E-state index is -2.89. The Morgan fingerprint density at radius 1 is 0.221 bits per heavy atom. The zero-order valence-electron chi connectivity index (χ0n) is 37.3. The largest absolute Gasteiger partial charge is 0.455 e. The summed E-state index contributed by atoms with van der Waals surface area (Å²) in [5.74, 6) is 0. The molecule has 13 rings (SSSR count). The van der Waals surface area contributed by atoms with Crippen LogP contribution in [0, 0.1) is 0 Å². The molecule has 318 valence electrons. The molecule has 0 saturated carbocycles. The summed E-state index contributed by atoms with van der Waals surface area (Å²) in [4.78, 5) is 0. The average Bonchev–Trinajstić information content (AvgIpc) is 3.81. The lowest BCUT2D eigenvalue weighted by atomic mass is 9.83. The number of hydrogen-bond donors (Lipinski definition) is 0. The lowest BCUT2D eigenvalue weighted by molar-refractivity contribution is 0.671. The molecule has 0 bridgehead atoms. The van der Waals surface area contributed by atoms with Crippen molar-refractivity contribution in [2.75, 3.05) is 0 Å². The number of benzene rings is 12. The normalized spacial score (nSPS) is 11.8. The summed E-state index contributed by atoms with van der Waals surface area (Å²) in [6.07, 6.45) is 0. The molecule has 0 saturated heterocycles. The first-order valence-corrected chi connectivity index (χ1v) is 25.5. The van der Waals surface area contributed by atoms with Crippen molar-refractivity contribution in [3.8, 4) is 44.5 Å². The van der Waals surface area contributed by atoms with Crippen molar-refractivity contribution in [2.24, 2.45) is 0 Å². The van der Waals surface area contributed by atoms with Crippen LogP contribution in [0.5, 0.6) is 0 Å². The van der Waals surface area contributed by atoms with Crippen LogP contribution in [0.4, 0.5) is 0 Å². The van der Waals surface area contributed by atoms with E-state index in [0.29, 0.717) is 0 Å². The summed E-state index contributed by atoms with van der Waals surface area (Å²) in [5, 5.41) is 14.9. The Hall–Kier alpha value is -8.56. The Bertz CT molecular complexity index is 3850. The maximum absolute atomic E-state index is 7.45. The van der Waals surface area contributed by atoms with Gasteiger partial charge in [-0.1, -0.05) is 267 Å². The topological polar surface area (TPSA) is 13.1 Å². The molecule has 1 nitrogen and oxygen atoms in total. The van der Waals surface area contributed by atoms with E-state index in [9.17, 15) is 0 Å². The molecule has 0 fully saturated rings. The van der Waals surface area contributed by atoms with Crippen LogP contribution in [0.25, 0.3) is 98.8 Å². The first-order valence-electron chi connectivity index (χ1n) is 23.5. The SMILES string of the molecule is c1ccc(-c2ccc(-c3c4ccccc4c(-c4cccc5c4oc4c(-c6ccccc6[Si](c6ccccc6)(c6ccccc6)c6ccccc6)cccc45)c4ccccc34)c3ccccc23)cc1. The third kappa shape index (κ3) is 6.15. The van der Waals surface area contributed by atoms with E-state index < -0.39 is 8.07 Å². The first-order chi connectivity index (χ1) is 33.8. The molecular formula is C66H44OSi. The fraction of sp³-hybridized carbons (Fsp3) is 0. The molecule has 2 heteroatoms. The molecule has 1 aromatic heterocycles. The third-order valence-electron chi connectivity index (χ3n) is 14.2. The second kappa shape index (κ2) is 16.4. The van der Waals surface area contributed by atoms with Gasteiger partial charge in [-0.25, -0.2) is 0 Å². The molecule has 0 aliphatic rings. The minimum absolute atomic E-state index is 0.894. The van der Waals surface area contributed by atoms with Gasteiger partial charge in [-0.3, -0.25) is 0 Å². The summed E-state index contributed by atoms with van der Waals surface area (Å²) in [5.41, 5.74) is 11.3. The van der Waals surface area contributed by atoms with Gasteiger partial charge >= 0.3 is 0 Å². The molecule has 0 spiro atoms. The lowest BCUT2D eigenvalue weighted by Gasteiger charge is -2.36. The summed E-state index contributed by atoms with van der Waals surface area (Å²) < 4.78 is 7.45. The second-order valence-corrected chi connectivity index (χ2v) is 21.5. The molecule has 0 radical (unpaired) electrons. The van der Waals surface area contributed by atoms with Gasteiger partial charge in [0.2, 0.25) is 0 Å². The molecule has 0 amide bonds. The van der Waals surface area contributed by atoms with Gasteiger partial charge in [-0.05, 0) is 80.9 Å². The third-order valence-corrected chi connectivity index (χ3v) is 19.1. The van der Waals surface area contributed by atoms with Crippen LogP contribution in [-0.4, -0.2) is 8.07 Å². The molecule has 68 heavy (non-hydrogen) atoms. The van der Waals surface area contributed by atoms with Crippen LogP contribution in [0.15, 0.2) is 271 Å². The molecular weight excluding hydrogens is 837 g/mol. The van der Waals surface area contributed by atoms with E-state index in [-0.39, 0.29) is 0 Å². The van der Waals surface area contributed by atoms with Gasteiger partial charge in [-0.2, -0.15) is 0 Å². The number of rotatable bonds is 8. The summed E-state index contributed by atoms with van der Waals surface area (Å²) in [7, 11) is -2.89. The van der Waals surface area contributed by atoms with E-state index in [2.05, 4.69) is 267 Å². The van der Waals surface area contributed by atoms with Gasteiger partial charge in [0.25, 0.3) is 0 Å². The second-order valence-electron chi connectivity index (χ2n) is 17.8. The highest BCUT2D eigenvalue weighted by Crippen LogP contribution is 2.49. The van der Waals surface area contributed by atoms with Gasteiger partial charge in [0, 0.05) is 27.5 Å². The fourth-order valence-electron chi connectivity index (χ4n) is 11.4. The van der Waals surface area contributed by atoms with Crippen molar-refractivity contribution in [2.45, 2.75) is 0 Å². The molecule has 13 aromatic rings. The van der Waals surface area contributed by atoms with Crippen molar-refractivity contribution in [1.82, 2.24) is 0 Å². The van der Waals surface area contributed by atoms with Crippen LogP contribution < -0.4 is 20.7 Å². The Labute approximate surface area is 396 Å². The Kier molecular flexibility index (Phi) is 9.59. The summed E-state index contributed by atoms with van der Waals surface area (Å²) in [6.45, 7) is 0. The van der Waals surface area contributed by atoms with E-state index in [1.165, 1.54) is 86.4 Å². The zero-order chi connectivity index (χ0) is 45.0. The predicted molar refractivity (Wildman–Crippen MR) is 292 cm³/mol. The van der Waals surface area contributed by atoms with Gasteiger partial charge in [0.1, 0.15) is 11.2 Å². The van der Waals surface area contributed by atoms with Crippen molar-refractivity contribution in [1.29, 1.82) is 0 Å². The maximum atomic E-state index is 7.45. The molecule has 0 N–H and O–H groups in total. The predicted octanol–water partition coefficient (Wildman–Crippen LogP) is 15.1. The molecule has 12 aromatic carbocycles. The minimum Gasteiger partial charge on any atom is -0.455 e. The average molecular weight is 881 g/mol. The number of hydrogen-bond acceptors (Lipinski definition) is 1. The van der Waals surface area contributed by atoms with Crippen LogP contribution in [0.1, 0.15) is 0 Å². The highest BCUT2D eigenvalue weighted by atomic mass is 28.3. The number of furan rings is 1. The van der Waals surface area contributed by atoms with Crippen molar-refractivity contribution < 1.29 is 4.42 Å². The Morgan fingerprint density at radius 3 is 1.10 bits per heavy atom. The highest BCUT2D eigenvalue weighted by Gasteiger charge is 2.43. The van der Waals surface area contributed by atoms with Crippen LogP contribution in [0.3, 0.4) is 0 Å². The Morgan fingerprint density at radius 2 is 0.574 bits per heavy atom. The highest BCUT2D eigenvalue weighted by molar-refractivity contribution is 7.20. The van der Waals surface area contributed by atoms with Gasteiger partial charge in [-0.15, -0.1) is 0 Å². The quantitative estimate of drug-likeness (QED) is 0.0842. The Balaban J connectivity index is 1.06. The van der Waals surface area contributed by atoms with Crippen LogP contribution in [-0.2, 0) is 0 Å². The molecule has 0 aliphatic carbocycles. The molecule has 1 heterocycles. The van der Waals surface area contributed by atoms with Gasteiger partial charge in [0.15, 0.2) is 8.07 Å². The molecule has 0 atom stereocenters. The van der Waals surface area contributed by atoms with Crippen molar-refractivity contribution in [3.05, 3.63) is 267 Å². The summed E-state index contributed by atoms with van der Waals surface area (Å²) >= 11 is 0. The molecule has 0 aliphatic heterocycles. The zero-order valence-corrected chi connectivity index (χ0v) is 38.3. The van der Waals surface area contributed by atoms with E-state index in [1.54, 1.807) is 0 Å². The maximum Gasteiger partial charge on any atom is 0.180 e. The number of para-hydroxylation sites is 2. The van der Waals surface area contributed by atoms with E-state index in [1.807, 2.05) is 0 Å². The number of fused-ring (bicyclic) bond motifs is 6. The van der Waals surface area contributed by atoms with Crippen molar-refractivity contribution in [3.63, 3.8) is 0 Å². The van der Waals surface area contributed by atoms with Crippen LogP contribution >= 0.6 is 0 Å². The van der Waals surface area contributed by atoms with Gasteiger partial charge in [0.05, 0.1) is 0 Å². The summed E-state index contributed by atoms with van der Waals surface area (Å²) in [6, 6.07) is 98.2. The standard InChI is InChI=1S/C66H44OSi/c1-5-23-45(24-6-1)49-43-44-57(51-32-14-13-31-50(49)51)63-53-34-15-17-36-55(53)64(56-37-18-16-35-54(56)63)61-41-22-40-60-59-39-21-38-58(65(59)67-66(60)61)52-33-19-20-42-62(52)68(46-25-7-2-8-26-46,47-27-9-3-10-28-47)48-29-11-4-12-30-48/h1-44H. The van der Waals surface area contributed by atoms with Crippen molar-refractivity contribution >= 4 is 83.1 Å². The van der Waals surface area contributed by atoms with Crippen LogP contribution in [0.2, 0.25) is 0 Å². The molecule has 0 unspecified atom stereocenters. The smallest absolute Gasteiger partial charge is 0.180 e.